The number of nitrogens with one attached hydrogen (secondary N) is 1. The van der Waals surface area contributed by atoms with Crippen molar-refractivity contribution in [1.82, 2.24) is 5.32 Å². The van der Waals surface area contributed by atoms with Crippen molar-refractivity contribution in [2.45, 2.75) is 19.5 Å². The molecular weight excluding hydrogens is 389 g/mol. The van der Waals surface area contributed by atoms with Crippen LogP contribution >= 0.6 is 34.8 Å². The molecule has 0 bridgehead atoms. The molecule has 0 amide bonds. The van der Waals surface area contributed by atoms with Crippen LogP contribution in [0.4, 0.5) is 0 Å². The largest absolute Gasteiger partial charge is 0.457 e. The molecule has 26 heavy (non-hydrogen) atoms. The third kappa shape index (κ3) is 4.93. The quantitative estimate of drug-likeness (QED) is 0.464. The number of hydrogen-bond donors (Lipinski definition) is 1. The first-order chi connectivity index (χ1) is 12.5. The van der Waals surface area contributed by atoms with Gasteiger partial charge in [0.05, 0.1) is 0 Å². The van der Waals surface area contributed by atoms with Gasteiger partial charge in [0.1, 0.15) is 11.5 Å². The van der Waals surface area contributed by atoms with Crippen molar-refractivity contribution in [1.29, 1.82) is 0 Å². The molecule has 0 fully saturated rings. The number of para-hydroxylation sites is 1. The minimum Gasteiger partial charge on any atom is -0.457 e. The molecule has 0 heterocycles. The van der Waals surface area contributed by atoms with Crippen molar-refractivity contribution in [3.8, 4) is 11.5 Å². The first-order valence-corrected chi connectivity index (χ1v) is 9.36. The van der Waals surface area contributed by atoms with E-state index in [1.807, 2.05) is 61.5 Å². The first kappa shape index (κ1) is 19.1. The smallest absolute Gasteiger partial charge is 0.127 e. The second kappa shape index (κ2) is 8.79. The highest BCUT2D eigenvalue weighted by molar-refractivity contribution is 6.39. The summed E-state index contributed by atoms with van der Waals surface area (Å²) in [4.78, 5) is 0. The van der Waals surface area contributed by atoms with Crippen molar-refractivity contribution in [3.63, 3.8) is 0 Å². The molecule has 0 radical (unpaired) electrons. The third-order valence-electron chi connectivity index (χ3n) is 3.99. The molecule has 5 heteroatoms. The molecule has 0 saturated heterocycles. The van der Waals surface area contributed by atoms with Crippen molar-refractivity contribution in [3.05, 3.63) is 92.9 Å². The number of benzene rings is 3. The summed E-state index contributed by atoms with van der Waals surface area (Å²) in [7, 11) is 0. The molecule has 0 saturated carbocycles. The van der Waals surface area contributed by atoms with Crippen molar-refractivity contribution in [2.24, 2.45) is 0 Å². The highest BCUT2D eigenvalue weighted by atomic mass is 35.5. The summed E-state index contributed by atoms with van der Waals surface area (Å²) in [6, 6.07) is 21.1. The zero-order valence-electron chi connectivity index (χ0n) is 14.2. The molecule has 3 rings (SSSR count). The SMILES string of the molecule is CC(NCc1ccc(Oc2ccccc2)cc1)c1c(Cl)cc(Cl)cc1Cl. The number of halogens is 3. The summed E-state index contributed by atoms with van der Waals surface area (Å²) in [6.45, 7) is 2.70. The number of hydrogen-bond acceptors (Lipinski definition) is 2. The summed E-state index contributed by atoms with van der Waals surface area (Å²) in [5, 5.41) is 5.09. The van der Waals surface area contributed by atoms with E-state index >= 15 is 0 Å². The average Bonchev–Trinajstić information content (AvgIpc) is 2.61. The summed E-state index contributed by atoms with van der Waals surface area (Å²) in [6.07, 6.45) is 0. The van der Waals surface area contributed by atoms with Crippen molar-refractivity contribution < 1.29 is 4.74 Å². The average molecular weight is 407 g/mol. The lowest BCUT2D eigenvalue weighted by molar-refractivity contribution is 0.482. The molecule has 134 valence electrons. The minimum absolute atomic E-state index is 0.00693. The van der Waals surface area contributed by atoms with E-state index in [0.717, 1.165) is 22.6 Å². The molecule has 0 aliphatic rings. The molecule has 0 aliphatic heterocycles. The topological polar surface area (TPSA) is 21.3 Å². The molecule has 1 unspecified atom stereocenters. The van der Waals surface area contributed by atoms with Gasteiger partial charge < -0.3 is 10.1 Å². The molecule has 2 nitrogen and oxygen atoms in total. The van der Waals surface area contributed by atoms with Crippen LogP contribution in [0, 0.1) is 0 Å². The molecule has 1 N–H and O–H groups in total. The maximum Gasteiger partial charge on any atom is 0.127 e. The van der Waals surface area contributed by atoms with Gasteiger partial charge in [-0.25, -0.2) is 0 Å². The Morgan fingerprint density at radius 1 is 0.846 bits per heavy atom. The Labute approximate surface area is 168 Å². The van der Waals surface area contributed by atoms with Crippen LogP contribution in [0.2, 0.25) is 15.1 Å². The summed E-state index contributed by atoms with van der Waals surface area (Å²) < 4.78 is 5.80. The maximum atomic E-state index is 6.28. The van der Waals surface area contributed by atoms with Crippen LogP contribution in [0.1, 0.15) is 24.1 Å². The van der Waals surface area contributed by atoms with Crippen molar-refractivity contribution in [2.75, 3.05) is 0 Å². The van der Waals surface area contributed by atoms with E-state index in [9.17, 15) is 0 Å². The monoisotopic (exact) mass is 405 g/mol. The highest BCUT2D eigenvalue weighted by Crippen LogP contribution is 2.33. The standard InChI is InChI=1S/C21H18Cl3NO/c1-14(21-19(23)11-16(22)12-20(21)24)25-13-15-7-9-18(10-8-15)26-17-5-3-2-4-6-17/h2-12,14,25H,13H2,1H3. The fourth-order valence-corrected chi connectivity index (χ4v) is 3.78. The van der Waals surface area contributed by atoms with E-state index in [2.05, 4.69) is 5.32 Å². The van der Waals surface area contributed by atoms with Gasteiger partial charge in [-0.15, -0.1) is 0 Å². The third-order valence-corrected chi connectivity index (χ3v) is 4.84. The number of rotatable bonds is 6. The zero-order valence-corrected chi connectivity index (χ0v) is 16.4. The van der Waals surface area contributed by atoms with E-state index in [1.54, 1.807) is 12.1 Å². The van der Waals surface area contributed by atoms with Gasteiger partial charge in [-0.05, 0) is 48.9 Å². The van der Waals surface area contributed by atoms with Gasteiger partial charge in [0.15, 0.2) is 0 Å². The van der Waals surface area contributed by atoms with Gasteiger partial charge in [-0.1, -0.05) is 65.1 Å². The fraction of sp³-hybridized carbons (Fsp3) is 0.143. The zero-order chi connectivity index (χ0) is 18.5. The summed E-state index contributed by atoms with van der Waals surface area (Å²) in [5.41, 5.74) is 1.99. The molecule has 0 aliphatic carbocycles. The van der Waals surface area contributed by atoms with E-state index in [-0.39, 0.29) is 6.04 Å². The molecule has 3 aromatic rings. The van der Waals surface area contributed by atoms with Gasteiger partial charge in [0, 0.05) is 33.2 Å². The van der Waals surface area contributed by atoms with Crippen LogP contribution in [0.25, 0.3) is 0 Å². The summed E-state index contributed by atoms with van der Waals surface area (Å²) >= 11 is 18.5. The van der Waals surface area contributed by atoms with Gasteiger partial charge in [-0.2, -0.15) is 0 Å². The lowest BCUT2D eigenvalue weighted by atomic mass is 10.1. The van der Waals surface area contributed by atoms with Gasteiger partial charge >= 0.3 is 0 Å². The Balaban J connectivity index is 1.61. The van der Waals surface area contributed by atoms with Gasteiger partial charge in [-0.3, -0.25) is 0 Å². The van der Waals surface area contributed by atoms with E-state index in [4.69, 9.17) is 39.5 Å². The minimum atomic E-state index is -0.00693. The second-order valence-corrected chi connectivity index (χ2v) is 7.20. The first-order valence-electron chi connectivity index (χ1n) is 8.22. The Morgan fingerprint density at radius 2 is 1.42 bits per heavy atom. The second-order valence-electron chi connectivity index (χ2n) is 5.94. The van der Waals surface area contributed by atoms with Gasteiger partial charge in [0.2, 0.25) is 0 Å². The summed E-state index contributed by atoms with van der Waals surface area (Å²) in [5.74, 6) is 1.62. The lowest BCUT2D eigenvalue weighted by Crippen LogP contribution is -2.18. The Kier molecular flexibility index (Phi) is 6.44. The Morgan fingerprint density at radius 3 is 2.04 bits per heavy atom. The molecule has 0 aromatic heterocycles. The van der Waals surface area contributed by atoms with E-state index in [1.165, 1.54) is 0 Å². The van der Waals surface area contributed by atoms with Crippen LogP contribution in [0.5, 0.6) is 11.5 Å². The van der Waals surface area contributed by atoms with Gasteiger partial charge in [0.25, 0.3) is 0 Å². The highest BCUT2D eigenvalue weighted by Gasteiger charge is 2.14. The van der Waals surface area contributed by atoms with Crippen LogP contribution in [0.3, 0.4) is 0 Å². The predicted octanol–water partition coefficient (Wildman–Crippen LogP) is 7.29. The van der Waals surface area contributed by atoms with E-state index in [0.29, 0.717) is 21.6 Å². The number of ether oxygens (including phenoxy) is 1. The van der Waals surface area contributed by atoms with Crippen LogP contribution in [-0.2, 0) is 6.54 Å². The van der Waals surface area contributed by atoms with Crippen molar-refractivity contribution >= 4 is 34.8 Å². The normalized spacial score (nSPS) is 12.0. The van der Waals surface area contributed by atoms with Crippen LogP contribution in [0.15, 0.2) is 66.7 Å². The van der Waals surface area contributed by atoms with Crippen LogP contribution in [-0.4, -0.2) is 0 Å². The predicted molar refractivity (Wildman–Crippen MR) is 110 cm³/mol. The molecular formula is C21H18Cl3NO. The van der Waals surface area contributed by atoms with E-state index < -0.39 is 0 Å². The maximum absolute atomic E-state index is 6.28. The molecule has 0 spiro atoms. The Bertz CT molecular complexity index is 843. The molecule has 1 atom stereocenters. The lowest BCUT2D eigenvalue weighted by Gasteiger charge is -2.18. The molecule has 3 aromatic carbocycles. The Hall–Kier alpha value is -1.71. The van der Waals surface area contributed by atoms with Crippen LogP contribution < -0.4 is 10.1 Å². The fourth-order valence-electron chi connectivity index (χ4n) is 2.64.